The fraction of sp³-hybridized carbons (Fsp3) is 1.00. The molecule has 0 saturated heterocycles. The van der Waals surface area contributed by atoms with Crippen molar-refractivity contribution in [2.24, 2.45) is 11.8 Å². The molecule has 0 spiro atoms. The minimum Gasteiger partial charge on any atom is -0.123 e. The minimum atomic E-state index is 0.447. The summed E-state index contributed by atoms with van der Waals surface area (Å²) in [5, 5.41) is 0.447. The van der Waals surface area contributed by atoms with Crippen molar-refractivity contribution in [2.45, 2.75) is 51.3 Å². The molecule has 0 aliphatic heterocycles. The fourth-order valence-corrected chi connectivity index (χ4v) is 2.23. The van der Waals surface area contributed by atoms with Gasteiger partial charge in [0.2, 0.25) is 0 Å². The van der Waals surface area contributed by atoms with E-state index in [4.69, 9.17) is 11.6 Å². The molecule has 1 aliphatic carbocycles. The Morgan fingerprint density at radius 1 is 1.27 bits per heavy atom. The van der Waals surface area contributed by atoms with Crippen LogP contribution in [-0.2, 0) is 0 Å². The molecule has 0 bridgehead atoms. The minimum absolute atomic E-state index is 0.447. The molecule has 1 aliphatic rings. The second-order valence-corrected chi connectivity index (χ2v) is 4.50. The SMILES string of the molecule is CCC(Cl)C1CCC(C)CC1. The molecule has 66 valence electrons. The number of alkyl halides is 1. The standard InChI is InChI=1S/C10H19Cl/c1-3-10(11)9-6-4-8(2)5-7-9/h8-10H,3-7H2,1-2H3. The van der Waals surface area contributed by atoms with E-state index in [-0.39, 0.29) is 0 Å². The molecule has 1 saturated carbocycles. The third kappa shape index (κ3) is 2.66. The summed E-state index contributed by atoms with van der Waals surface area (Å²) in [7, 11) is 0. The quantitative estimate of drug-likeness (QED) is 0.559. The van der Waals surface area contributed by atoms with Crippen molar-refractivity contribution < 1.29 is 0 Å². The van der Waals surface area contributed by atoms with Crippen molar-refractivity contribution in [2.75, 3.05) is 0 Å². The van der Waals surface area contributed by atoms with Crippen LogP contribution in [0.5, 0.6) is 0 Å². The van der Waals surface area contributed by atoms with E-state index in [0.29, 0.717) is 5.38 Å². The highest BCUT2D eigenvalue weighted by Crippen LogP contribution is 2.33. The van der Waals surface area contributed by atoms with Crippen molar-refractivity contribution in [1.29, 1.82) is 0 Å². The van der Waals surface area contributed by atoms with Crippen LogP contribution >= 0.6 is 11.6 Å². The van der Waals surface area contributed by atoms with Gasteiger partial charge in [0, 0.05) is 5.38 Å². The maximum absolute atomic E-state index is 6.19. The van der Waals surface area contributed by atoms with Crippen LogP contribution in [0.3, 0.4) is 0 Å². The molecule has 0 amide bonds. The predicted molar refractivity (Wildman–Crippen MR) is 51.1 cm³/mol. The van der Waals surface area contributed by atoms with Gasteiger partial charge in [-0.2, -0.15) is 0 Å². The molecule has 0 nitrogen and oxygen atoms in total. The lowest BCUT2D eigenvalue weighted by atomic mass is 9.81. The molecule has 11 heavy (non-hydrogen) atoms. The van der Waals surface area contributed by atoms with E-state index in [9.17, 15) is 0 Å². The van der Waals surface area contributed by atoms with E-state index in [1.807, 2.05) is 0 Å². The lowest BCUT2D eigenvalue weighted by Crippen LogP contribution is -2.20. The molecule has 1 heteroatoms. The van der Waals surface area contributed by atoms with Crippen LogP contribution in [0.4, 0.5) is 0 Å². The van der Waals surface area contributed by atoms with Gasteiger partial charge in [-0.3, -0.25) is 0 Å². The van der Waals surface area contributed by atoms with Crippen LogP contribution < -0.4 is 0 Å². The Bertz CT molecular complexity index is 103. The Balaban J connectivity index is 2.27. The lowest BCUT2D eigenvalue weighted by molar-refractivity contribution is 0.280. The second-order valence-electron chi connectivity index (χ2n) is 3.94. The molecule has 0 N–H and O–H groups in total. The Morgan fingerprint density at radius 3 is 2.27 bits per heavy atom. The van der Waals surface area contributed by atoms with Gasteiger partial charge in [-0.25, -0.2) is 0 Å². The number of halogens is 1. The van der Waals surface area contributed by atoms with Crippen LogP contribution in [-0.4, -0.2) is 5.38 Å². The topological polar surface area (TPSA) is 0 Å². The average molecular weight is 175 g/mol. The van der Waals surface area contributed by atoms with Crippen molar-refractivity contribution >= 4 is 11.6 Å². The molecule has 0 aromatic rings. The van der Waals surface area contributed by atoms with Gasteiger partial charge in [0.1, 0.15) is 0 Å². The van der Waals surface area contributed by atoms with Gasteiger partial charge in [-0.15, -0.1) is 11.6 Å². The zero-order valence-electron chi connectivity index (χ0n) is 7.65. The van der Waals surface area contributed by atoms with E-state index < -0.39 is 0 Å². The third-order valence-corrected chi connectivity index (χ3v) is 3.63. The van der Waals surface area contributed by atoms with Crippen molar-refractivity contribution in [3.63, 3.8) is 0 Å². The lowest BCUT2D eigenvalue weighted by Gasteiger charge is -2.28. The highest BCUT2D eigenvalue weighted by atomic mass is 35.5. The normalized spacial score (nSPS) is 35.2. The smallest absolute Gasteiger partial charge is 0.0361 e. The molecule has 0 radical (unpaired) electrons. The Hall–Kier alpha value is 0.290. The highest BCUT2D eigenvalue weighted by Gasteiger charge is 2.22. The first-order chi connectivity index (χ1) is 5.24. The van der Waals surface area contributed by atoms with E-state index >= 15 is 0 Å². The van der Waals surface area contributed by atoms with E-state index in [1.165, 1.54) is 25.7 Å². The largest absolute Gasteiger partial charge is 0.123 e. The summed E-state index contributed by atoms with van der Waals surface area (Å²) in [6.07, 6.45) is 6.66. The van der Waals surface area contributed by atoms with Gasteiger partial charge in [-0.1, -0.05) is 26.7 Å². The first-order valence-electron chi connectivity index (χ1n) is 4.88. The summed E-state index contributed by atoms with van der Waals surface area (Å²) in [6.45, 7) is 4.54. The van der Waals surface area contributed by atoms with E-state index in [0.717, 1.165) is 18.3 Å². The second kappa shape index (κ2) is 4.35. The monoisotopic (exact) mass is 174 g/mol. The van der Waals surface area contributed by atoms with E-state index in [2.05, 4.69) is 13.8 Å². The van der Waals surface area contributed by atoms with Crippen molar-refractivity contribution in [1.82, 2.24) is 0 Å². The maximum Gasteiger partial charge on any atom is 0.0361 e. The molecule has 0 aromatic heterocycles. The molecular weight excluding hydrogens is 156 g/mol. The van der Waals surface area contributed by atoms with Gasteiger partial charge in [0.05, 0.1) is 0 Å². The summed E-state index contributed by atoms with van der Waals surface area (Å²) in [5.74, 6) is 1.77. The first-order valence-corrected chi connectivity index (χ1v) is 5.31. The summed E-state index contributed by atoms with van der Waals surface area (Å²) in [4.78, 5) is 0. The van der Waals surface area contributed by atoms with Crippen LogP contribution in [0.1, 0.15) is 46.0 Å². The zero-order chi connectivity index (χ0) is 8.27. The summed E-state index contributed by atoms with van der Waals surface area (Å²) in [5.41, 5.74) is 0. The van der Waals surface area contributed by atoms with Gasteiger partial charge in [0.15, 0.2) is 0 Å². The summed E-state index contributed by atoms with van der Waals surface area (Å²) < 4.78 is 0. The molecule has 0 heterocycles. The van der Waals surface area contributed by atoms with Gasteiger partial charge < -0.3 is 0 Å². The van der Waals surface area contributed by atoms with E-state index in [1.54, 1.807) is 0 Å². The zero-order valence-corrected chi connectivity index (χ0v) is 8.40. The highest BCUT2D eigenvalue weighted by molar-refractivity contribution is 6.20. The average Bonchev–Trinajstić information content (AvgIpc) is 2.05. The fourth-order valence-electron chi connectivity index (χ4n) is 1.98. The summed E-state index contributed by atoms with van der Waals surface area (Å²) in [6, 6.07) is 0. The molecule has 0 aromatic carbocycles. The third-order valence-electron chi connectivity index (χ3n) is 2.96. The number of rotatable bonds is 2. The van der Waals surface area contributed by atoms with Gasteiger partial charge >= 0.3 is 0 Å². The molecule has 1 unspecified atom stereocenters. The molecular formula is C10H19Cl. The number of hydrogen-bond acceptors (Lipinski definition) is 0. The van der Waals surface area contributed by atoms with Crippen LogP contribution in [0, 0.1) is 11.8 Å². The molecule has 1 rings (SSSR count). The Morgan fingerprint density at radius 2 is 1.82 bits per heavy atom. The van der Waals surface area contributed by atoms with Crippen molar-refractivity contribution in [3.05, 3.63) is 0 Å². The Labute approximate surface area is 75.3 Å². The van der Waals surface area contributed by atoms with Gasteiger partial charge in [0.25, 0.3) is 0 Å². The first kappa shape index (κ1) is 9.38. The van der Waals surface area contributed by atoms with Gasteiger partial charge in [-0.05, 0) is 31.1 Å². The summed E-state index contributed by atoms with van der Waals surface area (Å²) >= 11 is 6.19. The van der Waals surface area contributed by atoms with Crippen LogP contribution in [0.2, 0.25) is 0 Å². The van der Waals surface area contributed by atoms with Crippen LogP contribution in [0.15, 0.2) is 0 Å². The predicted octanol–water partition coefficient (Wildman–Crippen LogP) is 3.83. The molecule has 1 atom stereocenters. The molecule has 1 fully saturated rings. The Kier molecular flexibility index (Phi) is 3.71. The number of hydrogen-bond donors (Lipinski definition) is 0. The van der Waals surface area contributed by atoms with Crippen LogP contribution in [0.25, 0.3) is 0 Å². The maximum atomic E-state index is 6.19. The van der Waals surface area contributed by atoms with Crippen molar-refractivity contribution in [3.8, 4) is 0 Å².